The van der Waals surface area contributed by atoms with E-state index < -0.39 is 0 Å². The average Bonchev–Trinajstić information content (AvgIpc) is 2.38. The quantitative estimate of drug-likeness (QED) is 0.433. The molecule has 0 bridgehead atoms. The highest BCUT2D eigenvalue weighted by Gasteiger charge is 2.05. The summed E-state index contributed by atoms with van der Waals surface area (Å²) in [7, 11) is 1.86. The van der Waals surface area contributed by atoms with Gasteiger partial charge in [0.2, 0.25) is 0 Å². The monoisotopic (exact) mass is 253 g/mol. The summed E-state index contributed by atoms with van der Waals surface area (Å²) in [6.07, 6.45) is 6.54. The highest BCUT2D eigenvalue weighted by atomic mass is 35.5. The predicted octanol–water partition coefficient (Wildman–Crippen LogP) is 3.88. The third kappa shape index (κ3) is 4.39. The molecule has 17 heavy (non-hydrogen) atoms. The number of nitrogens with one attached hydrogen (secondary N) is 1. The van der Waals surface area contributed by atoms with Crippen LogP contribution in [0.25, 0.3) is 0 Å². The largest absolute Gasteiger partial charge is 0.387 e. The van der Waals surface area contributed by atoms with Gasteiger partial charge in [-0.2, -0.15) is 0 Å². The van der Waals surface area contributed by atoms with Gasteiger partial charge in [0, 0.05) is 24.2 Å². The lowest BCUT2D eigenvalue weighted by Crippen LogP contribution is -2.00. The van der Waals surface area contributed by atoms with Gasteiger partial charge in [-0.05, 0) is 30.9 Å². The van der Waals surface area contributed by atoms with Gasteiger partial charge in [-0.15, -0.1) is 11.6 Å². The summed E-state index contributed by atoms with van der Waals surface area (Å²) in [6.45, 7) is 0. The van der Waals surface area contributed by atoms with Crippen LogP contribution in [0.3, 0.4) is 0 Å². The minimum absolute atomic E-state index is 0.741. The van der Waals surface area contributed by atoms with Crippen LogP contribution in [0.1, 0.15) is 41.6 Å². The first-order valence-corrected chi connectivity index (χ1v) is 6.67. The molecule has 3 heteroatoms. The number of carbonyl (C=O) groups excluding carboxylic acids is 1. The Labute approximate surface area is 108 Å². The fourth-order valence-electron chi connectivity index (χ4n) is 1.99. The predicted molar refractivity (Wildman–Crippen MR) is 74.3 cm³/mol. The van der Waals surface area contributed by atoms with Gasteiger partial charge in [-0.3, -0.25) is 4.79 Å². The lowest BCUT2D eigenvalue weighted by Gasteiger charge is -2.11. The van der Waals surface area contributed by atoms with Gasteiger partial charge in [0.1, 0.15) is 0 Å². The van der Waals surface area contributed by atoms with Crippen molar-refractivity contribution in [2.24, 2.45) is 0 Å². The molecule has 0 saturated carbocycles. The first-order chi connectivity index (χ1) is 8.33. The molecule has 0 radical (unpaired) electrons. The topological polar surface area (TPSA) is 29.1 Å². The van der Waals surface area contributed by atoms with Gasteiger partial charge >= 0.3 is 0 Å². The number of aryl methyl sites for hydroxylation is 1. The van der Waals surface area contributed by atoms with Crippen LogP contribution in [0.15, 0.2) is 18.2 Å². The normalized spacial score (nSPS) is 10.2. The van der Waals surface area contributed by atoms with E-state index in [0.29, 0.717) is 0 Å². The Hall–Kier alpha value is -1.02. The fraction of sp³-hybridized carbons (Fsp3) is 0.500. The van der Waals surface area contributed by atoms with Gasteiger partial charge < -0.3 is 5.32 Å². The summed E-state index contributed by atoms with van der Waals surface area (Å²) < 4.78 is 0. The molecule has 0 spiro atoms. The van der Waals surface area contributed by atoms with Gasteiger partial charge in [0.15, 0.2) is 6.29 Å². The third-order valence-corrected chi connectivity index (χ3v) is 3.16. The minimum atomic E-state index is 0.741. The average molecular weight is 254 g/mol. The first kappa shape index (κ1) is 14.0. The second kappa shape index (κ2) is 8.13. The van der Waals surface area contributed by atoms with Crippen LogP contribution in [0, 0.1) is 0 Å². The maximum absolute atomic E-state index is 10.9. The summed E-state index contributed by atoms with van der Waals surface area (Å²) in [5.74, 6) is 0.752. The van der Waals surface area contributed by atoms with E-state index in [1.807, 2.05) is 19.2 Å². The van der Waals surface area contributed by atoms with E-state index >= 15 is 0 Å². The van der Waals surface area contributed by atoms with Crippen molar-refractivity contribution in [3.8, 4) is 0 Å². The molecule has 0 fully saturated rings. The zero-order valence-electron chi connectivity index (χ0n) is 10.3. The molecule has 0 aliphatic carbocycles. The van der Waals surface area contributed by atoms with Crippen LogP contribution in [-0.2, 0) is 6.42 Å². The van der Waals surface area contributed by atoms with Crippen molar-refractivity contribution in [1.29, 1.82) is 0 Å². The van der Waals surface area contributed by atoms with Crippen LogP contribution in [-0.4, -0.2) is 19.2 Å². The summed E-state index contributed by atoms with van der Waals surface area (Å²) in [5, 5.41) is 3.11. The van der Waals surface area contributed by atoms with Crippen LogP contribution >= 0.6 is 11.6 Å². The zero-order valence-corrected chi connectivity index (χ0v) is 11.1. The maximum atomic E-state index is 10.9. The molecule has 0 heterocycles. The van der Waals surface area contributed by atoms with Crippen molar-refractivity contribution in [3.05, 3.63) is 29.3 Å². The molecule has 1 aromatic carbocycles. The maximum Gasteiger partial charge on any atom is 0.152 e. The van der Waals surface area contributed by atoms with Crippen molar-refractivity contribution < 1.29 is 4.79 Å². The number of para-hydroxylation sites is 1. The highest BCUT2D eigenvalue weighted by molar-refractivity contribution is 6.17. The molecule has 0 aromatic heterocycles. The van der Waals surface area contributed by atoms with E-state index in [9.17, 15) is 4.79 Å². The number of aldehydes is 1. The Morgan fingerprint density at radius 2 is 2.00 bits per heavy atom. The molecule has 0 atom stereocenters. The second-order valence-corrected chi connectivity index (χ2v) is 4.48. The van der Waals surface area contributed by atoms with Crippen LogP contribution in [0.2, 0.25) is 0 Å². The summed E-state index contributed by atoms with van der Waals surface area (Å²) >= 11 is 5.64. The van der Waals surface area contributed by atoms with Gasteiger partial charge in [-0.1, -0.05) is 25.0 Å². The Balaban J connectivity index is 2.55. The van der Waals surface area contributed by atoms with Crippen molar-refractivity contribution >= 4 is 23.6 Å². The molecular formula is C14H20ClNO. The Morgan fingerprint density at radius 3 is 2.65 bits per heavy atom. The van der Waals surface area contributed by atoms with Crippen molar-refractivity contribution in [3.63, 3.8) is 0 Å². The number of benzene rings is 1. The zero-order chi connectivity index (χ0) is 12.5. The molecule has 2 nitrogen and oxygen atoms in total. The van der Waals surface area contributed by atoms with Crippen LogP contribution in [0.4, 0.5) is 5.69 Å². The first-order valence-electron chi connectivity index (χ1n) is 6.14. The summed E-state index contributed by atoms with van der Waals surface area (Å²) in [6, 6.07) is 5.87. The van der Waals surface area contributed by atoms with Crippen molar-refractivity contribution in [2.75, 3.05) is 18.2 Å². The Bertz CT molecular complexity index is 352. The number of halogens is 1. The molecule has 0 amide bonds. The Morgan fingerprint density at radius 1 is 1.24 bits per heavy atom. The van der Waals surface area contributed by atoms with Crippen LogP contribution in [0.5, 0.6) is 0 Å². The molecule has 0 unspecified atom stereocenters. The highest BCUT2D eigenvalue weighted by Crippen LogP contribution is 2.21. The fourth-order valence-corrected chi connectivity index (χ4v) is 2.18. The standard InChI is InChI=1S/C14H20ClNO/c1-16-14-12(7-4-2-3-5-10-15)8-6-9-13(14)11-17/h6,8-9,11,16H,2-5,7,10H2,1H3. The van der Waals surface area contributed by atoms with Crippen molar-refractivity contribution in [1.82, 2.24) is 0 Å². The van der Waals surface area contributed by atoms with E-state index in [1.54, 1.807) is 0 Å². The van der Waals surface area contributed by atoms with E-state index in [2.05, 4.69) is 11.4 Å². The van der Waals surface area contributed by atoms with E-state index in [0.717, 1.165) is 42.7 Å². The number of hydrogen-bond acceptors (Lipinski definition) is 2. The molecule has 0 saturated heterocycles. The number of rotatable bonds is 8. The van der Waals surface area contributed by atoms with Gasteiger partial charge in [0.25, 0.3) is 0 Å². The Kier molecular flexibility index (Phi) is 6.71. The van der Waals surface area contributed by atoms with Gasteiger partial charge in [-0.25, -0.2) is 0 Å². The lowest BCUT2D eigenvalue weighted by atomic mass is 10.0. The number of alkyl halides is 1. The van der Waals surface area contributed by atoms with E-state index in [4.69, 9.17) is 11.6 Å². The number of hydrogen-bond donors (Lipinski definition) is 1. The van der Waals surface area contributed by atoms with Crippen LogP contribution < -0.4 is 5.32 Å². The minimum Gasteiger partial charge on any atom is -0.387 e. The summed E-state index contributed by atoms with van der Waals surface area (Å²) in [5.41, 5.74) is 2.94. The molecule has 1 rings (SSSR count). The molecular weight excluding hydrogens is 234 g/mol. The van der Waals surface area contributed by atoms with Crippen molar-refractivity contribution in [2.45, 2.75) is 32.1 Å². The van der Waals surface area contributed by atoms with E-state index in [-0.39, 0.29) is 0 Å². The molecule has 0 aliphatic rings. The smallest absolute Gasteiger partial charge is 0.152 e. The number of anilines is 1. The van der Waals surface area contributed by atoms with Gasteiger partial charge in [0.05, 0.1) is 0 Å². The molecule has 94 valence electrons. The lowest BCUT2D eigenvalue weighted by molar-refractivity contribution is 0.112. The molecule has 1 N–H and O–H groups in total. The molecule has 1 aromatic rings. The molecule has 0 aliphatic heterocycles. The second-order valence-electron chi connectivity index (χ2n) is 4.10. The number of carbonyl (C=O) groups is 1. The SMILES string of the molecule is CNc1c(C=O)cccc1CCCCCCCl. The third-order valence-electron chi connectivity index (χ3n) is 2.89. The van der Waals surface area contributed by atoms with E-state index in [1.165, 1.54) is 18.4 Å². The summed E-state index contributed by atoms with van der Waals surface area (Å²) in [4.78, 5) is 10.9. The number of unbranched alkanes of at least 4 members (excludes halogenated alkanes) is 3.